The molecule has 2 aromatic carbocycles. The van der Waals surface area contributed by atoms with Crippen molar-refractivity contribution in [1.29, 1.82) is 0 Å². The first-order valence-electron chi connectivity index (χ1n) is 10.2. The molecule has 0 saturated carbocycles. The average Bonchev–Trinajstić information content (AvgIpc) is 2.73. The van der Waals surface area contributed by atoms with Crippen LogP contribution in [0.5, 0.6) is 5.75 Å². The van der Waals surface area contributed by atoms with E-state index >= 15 is 0 Å². The van der Waals surface area contributed by atoms with Crippen molar-refractivity contribution in [2.75, 3.05) is 0 Å². The minimum atomic E-state index is -2.98. The molecule has 3 aromatic rings. The predicted molar refractivity (Wildman–Crippen MR) is 116 cm³/mol. The molecule has 0 spiro atoms. The van der Waals surface area contributed by atoms with E-state index in [0.29, 0.717) is 5.56 Å². The molecule has 0 bridgehead atoms. The van der Waals surface area contributed by atoms with Crippen molar-refractivity contribution < 1.29 is 27.8 Å². The Morgan fingerprint density at radius 1 is 1.15 bits per heavy atom. The number of carbonyl (C=O) groups excluding carboxylic acids is 1. The van der Waals surface area contributed by atoms with Crippen molar-refractivity contribution >= 4 is 5.78 Å². The number of carbonyl (C=O) groups is 1. The zero-order chi connectivity index (χ0) is 24.3. The van der Waals surface area contributed by atoms with Gasteiger partial charge in [0.1, 0.15) is 11.6 Å². The van der Waals surface area contributed by atoms with E-state index in [9.17, 15) is 27.9 Å². The highest BCUT2D eigenvalue weighted by Crippen LogP contribution is 2.25. The van der Waals surface area contributed by atoms with Gasteiger partial charge in [-0.2, -0.15) is 18.6 Å². The van der Waals surface area contributed by atoms with E-state index in [1.807, 2.05) is 0 Å². The number of ether oxygens (including phenoxy) is 1. The largest absolute Gasteiger partial charge is 0.435 e. The molecule has 9 heteroatoms. The lowest BCUT2D eigenvalue weighted by Gasteiger charge is -2.25. The Labute approximate surface area is 188 Å². The summed E-state index contributed by atoms with van der Waals surface area (Å²) in [5.74, 6) is -1.62. The van der Waals surface area contributed by atoms with E-state index in [1.165, 1.54) is 48.5 Å². The first kappa shape index (κ1) is 24.2. The summed E-state index contributed by atoms with van der Waals surface area (Å²) in [6, 6.07) is 12.0. The Morgan fingerprint density at radius 2 is 1.82 bits per heavy atom. The third kappa shape index (κ3) is 5.87. The number of ketones is 1. The summed E-state index contributed by atoms with van der Waals surface area (Å²) in [7, 11) is 0. The van der Waals surface area contributed by atoms with Crippen LogP contribution in [0.2, 0.25) is 0 Å². The van der Waals surface area contributed by atoms with Gasteiger partial charge in [-0.15, -0.1) is 0 Å². The van der Waals surface area contributed by atoms with E-state index in [1.54, 1.807) is 20.8 Å². The standard InChI is InChI=1S/C24H23F3N2O4/c1-14(24(2,3)32)11-21(30)19-13-20(15-7-9-18(10-8-15)33-23(26)27)28-29(22(19)31)17-6-4-5-16(25)12-17/h4-10,12-14,23,32H,11H2,1-3H3/t14-/m1/s1. The van der Waals surface area contributed by atoms with Crippen LogP contribution >= 0.6 is 0 Å². The third-order valence-corrected chi connectivity index (χ3v) is 5.34. The van der Waals surface area contributed by atoms with Crippen LogP contribution in [0, 0.1) is 11.7 Å². The maximum Gasteiger partial charge on any atom is 0.387 e. The highest BCUT2D eigenvalue weighted by atomic mass is 19.3. The molecule has 0 fully saturated rings. The topological polar surface area (TPSA) is 81.4 Å². The van der Waals surface area contributed by atoms with Crippen LogP contribution in [-0.2, 0) is 0 Å². The number of hydrogen-bond acceptors (Lipinski definition) is 5. The summed E-state index contributed by atoms with van der Waals surface area (Å²) in [6.45, 7) is 1.84. The van der Waals surface area contributed by atoms with E-state index in [4.69, 9.17) is 0 Å². The normalized spacial score (nSPS) is 12.6. The van der Waals surface area contributed by atoms with E-state index in [2.05, 4.69) is 9.84 Å². The van der Waals surface area contributed by atoms with Crippen LogP contribution in [0.3, 0.4) is 0 Å². The summed E-state index contributed by atoms with van der Waals surface area (Å²) < 4.78 is 43.9. The minimum Gasteiger partial charge on any atom is -0.435 e. The van der Waals surface area contributed by atoms with Gasteiger partial charge < -0.3 is 9.84 Å². The van der Waals surface area contributed by atoms with Crippen molar-refractivity contribution in [2.24, 2.45) is 5.92 Å². The zero-order valence-corrected chi connectivity index (χ0v) is 18.3. The summed E-state index contributed by atoms with van der Waals surface area (Å²) in [4.78, 5) is 26.1. The van der Waals surface area contributed by atoms with Crippen LogP contribution < -0.4 is 10.3 Å². The predicted octanol–water partition coefficient (Wildman–Crippen LogP) is 4.62. The second kappa shape index (κ2) is 9.58. The quantitative estimate of drug-likeness (QED) is 0.496. The molecule has 0 radical (unpaired) electrons. The van der Waals surface area contributed by atoms with Gasteiger partial charge in [-0.1, -0.05) is 13.0 Å². The molecular formula is C24H23F3N2O4. The molecule has 174 valence electrons. The van der Waals surface area contributed by atoms with E-state index in [0.717, 1.165) is 10.7 Å². The van der Waals surface area contributed by atoms with Crippen LogP contribution in [0.25, 0.3) is 16.9 Å². The van der Waals surface area contributed by atoms with Crippen LogP contribution in [0.1, 0.15) is 37.6 Å². The smallest absolute Gasteiger partial charge is 0.387 e. The molecule has 0 aliphatic rings. The second-order valence-electron chi connectivity index (χ2n) is 8.22. The lowest BCUT2D eigenvalue weighted by molar-refractivity contribution is -0.0498. The van der Waals surface area contributed by atoms with Gasteiger partial charge in [0.25, 0.3) is 5.56 Å². The van der Waals surface area contributed by atoms with Crippen molar-refractivity contribution in [3.63, 3.8) is 0 Å². The van der Waals surface area contributed by atoms with Crippen LogP contribution in [0.4, 0.5) is 13.2 Å². The van der Waals surface area contributed by atoms with Gasteiger partial charge in [-0.25, -0.2) is 4.39 Å². The van der Waals surface area contributed by atoms with Gasteiger partial charge in [-0.05, 0) is 68.3 Å². The number of Topliss-reactive ketones (excluding diaryl/α,β-unsaturated/α-hetero) is 1. The van der Waals surface area contributed by atoms with Gasteiger partial charge in [0, 0.05) is 12.0 Å². The molecule has 0 saturated heterocycles. The summed E-state index contributed by atoms with van der Waals surface area (Å²) >= 11 is 0. The highest BCUT2D eigenvalue weighted by molar-refractivity contribution is 5.96. The van der Waals surface area contributed by atoms with Gasteiger partial charge in [0.15, 0.2) is 5.78 Å². The van der Waals surface area contributed by atoms with Crippen LogP contribution in [-0.4, -0.2) is 32.9 Å². The van der Waals surface area contributed by atoms with Crippen LogP contribution in [0.15, 0.2) is 59.4 Å². The molecular weight excluding hydrogens is 437 g/mol. The first-order chi connectivity index (χ1) is 15.5. The number of nitrogens with zero attached hydrogens (tertiary/aromatic N) is 2. The number of halogens is 3. The third-order valence-electron chi connectivity index (χ3n) is 5.34. The highest BCUT2D eigenvalue weighted by Gasteiger charge is 2.27. The monoisotopic (exact) mass is 460 g/mol. The molecule has 0 aliphatic carbocycles. The van der Waals surface area contributed by atoms with E-state index < -0.39 is 35.3 Å². The lowest BCUT2D eigenvalue weighted by Crippen LogP contribution is -2.33. The maximum absolute atomic E-state index is 13.8. The number of rotatable bonds is 8. The number of benzene rings is 2. The summed E-state index contributed by atoms with van der Waals surface area (Å²) in [5.41, 5.74) is -1.34. The summed E-state index contributed by atoms with van der Waals surface area (Å²) in [5, 5.41) is 14.4. The number of aromatic nitrogens is 2. The molecule has 0 unspecified atom stereocenters. The van der Waals surface area contributed by atoms with Crippen molar-refractivity contribution in [1.82, 2.24) is 9.78 Å². The average molecular weight is 460 g/mol. The van der Waals surface area contributed by atoms with Crippen molar-refractivity contribution in [3.8, 4) is 22.7 Å². The molecule has 6 nitrogen and oxygen atoms in total. The van der Waals surface area contributed by atoms with E-state index in [-0.39, 0.29) is 29.1 Å². The van der Waals surface area contributed by atoms with Gasteiger partial charge in [0.2, 0.25) is 0 Å². The fourth-order valence-corrected chi connectivity index (χ4v) is 3.06. The second-order valence-corrected chi connectivity index (χ2v) is 8.22. The molecule has 1 aromatic heterocycles. The Morgan fingerprint density at radius 3 is 2.39 bits per heavy atom. The Hall–Kier alpha value is -3.46. The van der Waals surface area contributed by atoms with Gasteiger partial charge in [0.05, 0.1) is 22.5 Å². The number of hydrogen-bond donors (Lipinski definition) is 1. The molecule has 1 N–H and O–H groups in total. The van der Waals surface area contributed by atoms with Gasteiger partial charge >= 0.3 is 6.61 Å². The van der Waals surface area contributed by atoms with Gasteiger partial charge in [-0.3, -0.25) is 9.59 Å². The lowest BCUT2D eigenvalue weighted by atomic mass is 9.87. The first-order valence-corrected chi connectivity index (χ1v) is 10.2. The molecule has 0 amide bonds. The Balaban J connectivity index is 2.12. The zero-order valence-electron chi connectivity index (χ0n) is 18.3. The van der Waals surface area contributed by atoms with Crippen molar-refractivity contribution in [2.45, 2.75) is 39.4 Å². The summed E-state index contributed by atoms with van der Waals surface area (Å²) in [6.07, 6.45) is -0.105. The Kier molecular flexibility index (Phi) is 7.02. The molecule has 1 atom stereocenters. The molecule has 33 heavy (non-hydrogen) atoms. The molecule has 1 heterocycles. The Bertz CT molecular complexity index is 1200. The fraction of sp³-hybridized carbons (Fsp3) is 0.292. The SMILES string of the molecule is C[C@H](CC(=O)c1cc(-c2ccc(OC(F)F)cc2)nn(-c2cccc(F)c2)c1=O)C(C)(C)O. The number of alkyl halides is 2. The fourth-order valence-electron chi connectivity index (χ4n) is 3.06. The molecule has 3 rings (SSSR count). The van der Waals surface area contributed by atoms with Crippen molar-refractivity contribution in [3.05, 3.63) is 76.3 Å². The number of aliphatic hydroxyl groups is 1. The minimum absolute atomic E-state index is 0.0671. The maximum atomic E-state index is 13.8. The molecule has 0 aliphatic heterocycles.